The van der Waals surface area contributed by atoms with Crippen molar-refractivity contribution in [2.75, 3.05) is 0 Å². The summed E-state index contributed by atoms with van der Waals surface area (Å²) in [6.45, 7) is 17.0. The highest BCUT2D eigenvalue weighted by atomic mass is 16.5. The Bertz CT molecular complexity index is 746. The molecule has 3 nitrogen and oxygen atoms in total. The summed E-state index contributed by atoms with van der Waals surface area (Å²) >= 11 is 0. The van der Waals surface area contributed by atoms with E-state index in [1.54, 1.807) is 0 Å². The number of benzene rings is 1. The fraction of sp³-hybridized carbons (Fsp3) is 0.800. The number of phenolic OH excluding ortho intramolecular Hbond substituents is 1. The molecule has 1 atom stereocenters. The minimum atomic E-state index is -0.164. The second kappa shape index (κ2) is 18.0. The maximum Gasteiger partial charge on any atom is 0.306 e. The van der Waals surface area contributed by atoms with Crippen molar-refractivity contribution >= 4 is 5.97 Å². The van der Waals surface area contributed by atoms with E-state index in [1.165, 1.54) is 83.5 Å². The molecule has 0 heterocycles. The van der Waals surface area contributed by atoms with Crippen molar-refractivity contribution in [3.63, 3.8) is 0 Å². The van der Waals surface area contributed by atoms with Gasteiger partial charge in [-0.05, 0) is 53.7 Å². The molecule has 1 rings (SSSR count). The van der Waals surface area contributed by atoms with Gasteiger partial charge in [0.2, 0.25) is 0 Å². The van der Waals surface area contributed by atoms with E-state index in [0.717, 1.165) is 29.5 Å². The van der Waals surface area contributed by atoms with Crippen molar-refractivity contribution in [3.8, 4) is 5.75 Å². The highest BCUT2D eigenvalue weighted by molar-refractivity contribution is 5.70. The number of phenols is 1. The first-order chi connectivity index (χ1) is 17.9. The molecule has 1 aromatic rings. The van der Waals surface area contributed by atoms with E-state index in [0.29, 0.717) is 18.6 Å². The monoisotopic (exact) mass is 530 g/mol. The van der Waals surface area contributed by atoms with Gasteiger partial charge in [0.1, 0.15) is 5.75 Å². The lowest BCUT2D eigenvalue weighted by molar-refractivity contribution is -0.148. The van der Waals surface area contributed by atoms with Crippen LogP contribution in [0.5, 0.6) is 5.75 Å². The summed E-state index contributed by atoms with van der Waals surface area (Å²) < 4.78 is 5.72. The van der Waals surface area contributed by atoms with Crippen LogP contribution in [0.4, 0.5) is 0 Å². The van der Waals surface area contributed by atoms with Crippen LogP contribution in [0.2, 0.25) is 0 Å². The largest absolute Gasteiger partial charge is 0.507 e. The fourth-order valence-electron chi connectivity index (χ4n) is 5.20. The molecule has 220 valence electrons. The molecule has 0 aliphatic rings. The second-order valence-electron chi connectivity index (χ2n) is 13.7. The first-order valence-corrected chi connectivity index (χ1v) is 15.9. The standard InChI is InChI=1S/C35H62O3/c1-9-10-11-12-13-14-15-16-17-18-19-20-21-22-23-28(2)38-32(36)25-24-29-26-30(34(3,4)5)33(37)31(27-29)35(6,7)8/h26-28,37H,9-25H2,1-8H3. The number of hydrogen-bond donors (Lipinski definition) is 1. The van der Waals surface area contributed by atoms with E-state index in [1.807, 2.05) is 6.92 Å². The first kappa shape index (κ1) is 34.5. The van der Waals surface area contributed by atoms with Crippen LogP contribution in [-0.4, -0.2) is 17.2 Å². The third-order valence-corrected chi connectivity index (χ3v) is 7.70. The van der Waals surface area contributed by atoms with Gasteiger partial charge in [-0.25, -0.2) is 0 Å². The van der Waals surface area contributed by atoms with E-state index < -0.39 is 0 Å². The van der Waals surface area contributed by atoms with Gasteiger partial charge in [0.25, 0.3) is 0 Å². The molecule has 1 N–H and O–H groups in total. The van der Waals surface area contributed by atoms with Crippen molar-refractivity contribution in [2.24, 2.45) is 0 Å². The first-order valence-electron chi connectivity index (χ1n) is 15.9. The number of ether oxygens (including phenoxy) is 1. The number of unbranched alkanes of at least 4 members (excludes halogenated alkanes) is 13. The smallest absolute Gasteiger partial charge is 0.306 e. The van der Waals surface area contributed by atoms with Gasteiger partial charge < -0.3 is 9.84 Å². The Morgan fingerprint density at radius 2 is 1.13 bits per heavy atom. The highest BCUT2D eigenvalue weighted by Gasteiger charge is 2.26. The summed E-state index contributed by atoms with van der Waals surface area (Å²) in [6.07, 6.45) is 21.0. The van der Waals surface area contributed by atoms with Crippen molar-refractivity contribution in [1.29, 1.82) is 0 Å². The zero-order chi connectivity index (χ0) is 28.6. The highest BCUT2D eigenvalue weighted by Crippen LogP contribution is 2.40. The molecule has 0 amide bonds. The molecule has 0 aliphatic carbocycles. The van der Waals surface area contributed by atoms with E-state index in [-0.39, 0.29) is 22.9 Å². The lowest BCUT2D eigenvalue weighted by Gasteiger charge is -2.28. The van der Waals surface area contributed by atoms with Gasteiger partial charge in [0.05, 0.1) is 6.10 Å². The Hall–Kier alpha value is -1.51. The second-order valence-corrected chi connectivity index (χ2v) is 13.7. The number of aryl methyl sites for hydroxylation is 1. The molecule has 0 fully saturated rings. The number of hydrogen-bond acceptors (Lipinski definition) is 3. The zero-order valence-corrected chi connectivity index (χ0v) is 26.5. The van der Waals surface area contributed by atoms with Crippen LogP contribution >= 0.6 is 0 Å². The number of carbonyl (C=O) groups excluding carboxylic acids is 1. The molecule has 0 saturated carbocycles. The Balaban J connectivity index is 2.25. The predicted octanol–water partition coefficient (Wildman–Crippen LogP) is 10.7. The predicted molar refractivity (Wildman–Crippen MR) is 164 cm³/mol. The van der Waals surface area contributed by atoms with Gasteiger partial charge in [-0.15, -0.1) is 0 Å². The van der Waals surface area contributed by atoms with Crippen LogP contribution in [0.3, 0.4) is 0 Å². The summed E-state index contributed by atoms with van der Waals surface area (Å²) in [6, 6.07) is 4.13. The Kier molecular flexibility index (Phi) is 16.3. The topological polar surface area (TPSA) is 46.5 Å². The Morgan fingerprint density at radius 1 is 0.737 bits per heavy atom. The van der Waals surface area contributed by atoms with E-state index in [2.05, 4.69) is 60.6 Å². The van der Waals surface area contributed by atoms with Crippen LogP contribution in [0.15, 0.2) is 12.1 Å². The van der Waals surface area contributed by atoms with E-state index >= 15 is 0 Å². The average Bonchev–Trinajstić information content (AvgIpc) is 2.82. The van der Waals surface area contributed by atoms with Crippen molar-refractivity contribution in [1.82, 2.24) is 0 Å². The minimum absolute atomic E-state index is 0.0186. The Labute approximate surface area is 236 Å². The fourth-order valence-corrected chi connectivity index (χ4v) is 5.20. The molecule has 1 aromatic carbocycles. The van der Waals surface area contributed by atoms with Gasteiger partial charge >= 0.3 is 5.97 Å². The van der Waals surface area contributed by atoms with Crippen LogP contribution in [0.1, 0.15) is 175 Å². The SMILES string of the molecule is CCCCCCCCCCCCCCCCC(C)OC(=O)CCc1cc(C(C)(C)C)c(O)c(C(C)(C)C)c1. The molecule has 0 bridgehead atoms. The van der Waals surface area contributed by atoms with Crippen LogP contribution < -0.4 is 0 Å². The molecule has 1 unspecified atom stereocenters. The van der Waals surface area contributed by atoms with Gasteiger partial charge in [-0.2, -0.15) is 0 Å². The average molecular weight is 531 g/mol. The van der Waals surface area contributed by atoms with Gasteiger partial charge in [0, 0.05) is 6.42 Å². The third kappa shape index (κ3) is 14.6. The van der Waals surface area contributed by atoms with Crippen molar-refractivity contribution < 1.29 is 14.6 Å². The molecular formula is C35H62O3. The quantitative estimate of drug-likeness (QED) is 0.143. The maximum absolute atomic E-state index is 12.5. The summed E-state index contributed by atoms with van der Waals surface area (Å²) in [5.74, 6) is 0.267. The van der Waals surface area contributed by atoms with E-state index in [9.17, 15) is 9.90 Å². The zero-order valence-electron chi connectivity index (χ0n) is 26.5. The summed E-state index contributed by atoms with van der Waals surface area (Å²) in [7, 11) is 0. The van der Waals surface area contributed by atoms with Crippen molar-refractivity contribution in [2.45, 2.75) is 181 Å². The molecule has 0 aromatic heterocycles. The number of carbonyl (C=O) groups is 1. The molecule has 0 saturated heterocycles. The summed E-state index contributed by atoms with van der Waals surface area (Å²) in [5.41, 5.74) is 2.65. The van der Waals surface area contributed by atoms with Gasteiger partial charge in [-0.1, -0.05) is 144 Å². The summed E-state index contributed by atoms with van der Waals surface area (Å²) in [4.78, 5) is 12.5. The van der Waals surface area contributed by atoms with Crippen LogP contribution in [0, 0.1) is 0 Å². The lowest BCUT2D eigenvalue weighted by atomic mass is 9.78. The van der Waals surface area contributed by atoms with Gasteiger partial charge in [0.15, 0.2) is 0 Å². The summed E-state index contributed by atoms with van der Waals surface area (Å²) in [5, 5.41) is 10.9. The molecule has 3 heteroatoms. The number of esters is 1. The van der Waals surface area contributed by atoms with Gasteiger partial charge in [-0.3, -0.25) is 4.79 Å². The third-order valence-electron chi connectivity index (χ3n) is 7.70. The van der Waals surface area contributed by atoms with E-state index in [4.69, 9.17) is 4.74 Å². The number of rotatable bonds is 19. The molecular weight excluding hydrogens is 468 g/mol. The lowest BCUT2D eigenvalue weighted by Crippen LogP contribution is -2.18. The minimum Gasteiger partial charge on any atom is -0.507 e. The van der Waals surface area contributed by atoms with Crippen LogP contribution in [0.25, 0.3) is 0 Å². The molecule has 0 aliphatic heterocycles. The number of aromatic hydroxyl groups is 1. The molecule has 0 radical (unpaired) electrons. The normalized spacial score (nSPS) is 13.1. The molecule has 38 heavy (non-hydrogen) atoms. The maximum atomic E-state index is 12.5. The van der Waals surface area contributed by atoms with Crippen molar-refractivity contribution in [3.05, 3.63) is 28.8 Å². The molecule has 0 spiro atoms. The van der Waals surface area contributed by atoms with Crippen LogP contribution in [-0.2, 0) is 26.8 Å². The Morgan fingerprint density at radius 3 is 1.53 bits per heavy atom.